The normalized spacial score (nSPS) is 14.9. The van der Waals surface area contributed by atoms with Gasteiger partial charge in [0.25, 0.3) is 5.91 Å². The number of amides is 1. The molecule has 1 fully saturated rings. The number of halogens is 4. The van der Waals surface area contributed by atoms with E-state index in [0.29, 0.717) is 32.0 Å². The van der Waals surface area contributed by atoms with Crippen LogP contribution in [0.25, 0.3) is 0 Å². The number of morpholine rings is 1. The number of hydrogen-bond donors (Lipinski definition) is 1. The summed E-state index contributed by atoms with van der Waals surface area (Å²) in [6.45, 7) is 2.13. The van der Waals surface area contributed by atoms with Gasteiger partial charge in [-0.1, -0.05) is 12.1 Å². The predicted molar refractivity (Wildman–Crippen MR) is 95.7 cm³/mol. The van der Waals surface area contributed by atoms with Crippen LogP contribution in [0.2, 0.25) is 0 Å². The third-order valence-corrected chi connectivity index (χ3v) is 4.72. The Morgan fingerprint density at radius 1 is 1.11 bits per heavy atom. The molecule has 0 aromatic heterocycles. The van der Waals surface area contributed by atoms with Gasteiger partial charge in [0, 0.05) is 23.7 Å². The number of thioether (sulfide) groups is 1. The first kappa shape index (κ1) is 19.5. The molecule has 9 heteroatoms. The Balaban J connectivity index is 1.76. The highest BCUT2D eigenvalue weighted by Crippen LogP contribution is 2.38. The van der Waals surface area contributed by atoms with Crippen LogP contribution < -0.4 is 10.2 Å². The summed E-state index contributed by atoms with van der Waals surface area (Å²) in [5, 5.41) is 2.45. The molecule has 27 heavy (non-hydrogen) atoms. The van der Waals surface area contributed by atoms with E-state index in [1.807, 2.05) is 4.90 Å². The number of nitrogens with zero attached hydrogens (tertiary/aromatic N) is 1. The van der Waals surface area contributed by atoms with E-state index in [-0.39, 0.29) is 27.9 Å². The zero-order valence-corrected chi connectivity index (χ0v) is 14.9. The molecular weight excluding hydrogens is 384 g/mol. The molecular formula is C18H16F4N2O2S. The van der Waals surface area contributed by atoms with Crippen molar-refractivity contribution in [3.63, 3.8) is 0 Å². The number of nitrogens with one attached hydrogen (secondary N) is 1. The van der Waals surface area contributed by atoms with E-state index in [4.69, 9.17) is 4.74 Å². The van der Waals surface area contributed by atoms with Crippen molar-refractivity contribution in [1.82, 2.24) is 0 Å². The lowest BCUT2D eigenvalue weighted by Gasteiger charge is -2.29. The van der Waals surface area contributed by atoms with Crippen LogP contribution in [0.5, 0.6) is 0 Å². The van der Waals surface area contributed by atoms with Crippen molar-refractivity contribution in [2.45, 2.75) is 10.4 Å². The summed E-state index contributed by atoms with van der Waals surface area (Å²) in [4.78, 5) is 14.0. The molecule has 1 aliphatic rings. The number of carbonyl (C=O) groups excluding carboxylic acids is 1. The predicted octanol–water partition coefficient (Wildman–Crippen LogP) is 4.53. The van der Waals surface area contributed by atoms with Gasteiger partial charge in [0.05, 0.1) is 24.5 Å². The molecule has 0 unspecified atom stereocenters. The monoisotopic (exact) mass is 400 g/mol. The number of benzene rings is 2. The smallest absolute Gasteiger partial charge is 0.378 e. The van der Waals surface area contributed by atoms with Gasteiger partial charge in [-0.05, 0) is 42.1 Å². The van der Waals surface area contributed by atoms with Gasteiger partial charge in [0.1, 0.15) is 5.82 Å². The van der Waals surface area contributed by atoms with Gasteiger partial charge < -0.3 is 15.0 Å². The molecule has 0 spiro atoms. The second-order valence-corrected chi connectivity index (χ2v) is 6.87. The standard InChI is InChI=1S/C18H16F4N2O2S/c19-14-11-12(5-6-15(14)24-7-9-26-10-8-24)23-17(25)13-3-1-2-4-16(13)27-18(20,21)22/h1-6,11H,7-10H2,(H,23,25). The van der Waals surface area contributed by atoms with Crippen molar-refractivity contribution in [2.24, 2.45) is 0 Å². The Hall–Kier alpha value is -2.26. The van der Waals surface area contributed by atoms with E-state index < -0.39 is 17.2 Å². The van der Waals surface area contributed by atoms with Crippen molar-refractivity contribution in [3.05, 3.63) is 53.8 Å². The van der Waals surface area contributed by atoms with Gasteiger partial charge >= 0.3 is 5.51 Å². The second kappa shape index (κ2) is 8.18. The Bertz CT molecular complexity index is 823. The van der Waals surface area contributed by atoms with Crippen molar-refractivity contribution >= 4 is 29.0 Å². The molecule has 3 rings (SSSR count). The van der Waals surface area contributed by atoms with Gasteiger partial charge in [-0.3, -0.25) is 4.79 Å². The summed E-state index contributed by atoms with van der Waals surface area (Å²) in [5.74, 6) is -1.26. The fraction of sp³-hybridized carbons (Fsp3) is 0.278. The molecule has 1 saturated heterocycles. The van der Waals surface area contributed by atoms with E-state index in [9.17, 15) is 22.4 Å². The molecule has 4 nitrogen and oxygen atoms in total. The summed E-state index contributed by atoms with van der Waals surface area (Å²) >= 11 is -0.363. The molecule has 0 saturated carbocycles. The van der Waals surface area contributed by atoms with E-state index in [0.717, 1.165) is 6.07 Å². The molecule has 2 aromatic rings. The highest BCUT2D eigenvalue weighted by Gasteiger charge is 2.31. The molecule has 0 radical (unpaired) electrons. The lowest BCUT2D eigenvalue weighted by molar-refractivity contribution is -0.0328. The van der Waals surface area contributed by atoms with E-state index in [2.05, 4.69) is 5.32 Å². The Kier molecular flexibility index (Phi) is 5.91. The first-order chi connectivity index (χ1) is 12.8. The highest BCUT2D eigenvalue weighted by molar-refractivity contribution is 8.00. The molecule has 1 amide bonds. The van der Waals surface area contributed by atoms with Crippen LogP contribution >= 0.6 is 11.8 Å². The van der Waals surface area contributed by atoms with Gasteiger partial charge in [0.2, 0.25) is 0 Å². The lowest BCUT2D eigenvalue weighted by Crippen LogP contribution is -2.36. The number of anilines is 2. The van der Waals surface area contributed by atoms with Gasteiger partial charge in [0.15, 0.2) is 0 Å². The van der Waals surface area contributed by atoms with Crippen molar-refractivity contribution in [2.75, 3.05) is 36.5 Å². The van der Waals surface area contributed by atoms with E-state index in [1.165, 1.54) is 36.4 Å². The summed E-state index contributed by atoms with van der Waals surface area (Å²) in [7, 11) is 0. The van der Waals surface area contributed by atoms with Crippen molar-refractivity contribution in [3.8, 4) is 0 Å². The quantitative estimate of drug-likeness (QED) is 0.605. The average Bonchev–Trinajstić information content (AvgIpc) is 2.61. The van der Waals surface area contributed by atoms with Crippen molar-refractivity contribution in [1.29, 1.82) is 0 Å². The molecule has 1 aliphatic heterocycles. The molecule has 2 aromatic carbocycles. The minimum absolute atomic E-state index is 0.127. The first-order valence-electron chi connectivity index (χ1n) is 8.12. The SMILES string of the molecule is O=C(Nc1ccc(N2CCOCC2)c(F)c1)c1ccccc1SC(F)(F)F. The molecule has 1 N–H and O–H groups in total. The van der Waals surface area contributed by atoms with Gasteiger partial charge in [-0.25, -0.2) is 4.39 Å². The van der Waals surface area contributed by atoms with Gasteiger partial charge in [-0.2, -0.15) is 13.2 Å². The Morgan fingerprint density at radius 3 is 2.48 bits per heavy atom. The van der Waals surface area contributed by atoms with Crippen LogP contribution in [0.15, 0.2) is 47.4 Å². The maximum atomic E-state index is 14.4. The number of rotatable bonds is 4. The van der Waals surface area contributed by atoms with Crippen LogP contribution in [0.1, 0.15) is 10.4 Å². The minimum atomic E-state index is -4.51. The number of ether oxygens (including phenoxy) is 1. The summed E-state index contributed by atoms with van der Waals surface area (Å²) in [6, 6.07) is 9.61. The largest absolute Gasteiger partial charge is 0.446 e. The van der Waals surface area contributed by atoms with Crippen LogP contribution in [-0.2, 0) is 4.74 Å². The third kappa shape index (κ3) is 5.14. The van der Waals surface area contributed by atoms with Crippen molar-refractivity contribution < 1.29 is 27.1 Å². The maximum absolute atomic E-state index is 14.4. The fourth-order valence-corrected chi connectivity index (χ4v) is 3.38. The highest BCUT2D eigenvalue weighted by atomic mass is 32.2. The second-order valence-electron chi connectivity index (χ2n) is 5.76. The summed E-state index contributed by atoms with van der Waals surface area (Å²) < 4.78 is 57.6. The van der Waals surface area contributed by atoms with Gasteiger partial charge in [-0.15, -0.1) is 0 Å². The maximum Gasteiger partial charge on any atom is 0.446 e. The zero-order chi connectivity index (χ0) is 19.4. The zero-order valence-electron chi connectivity index (χ0n) is 14.1. The first-order valence-corrected chi connectivity index (χ1v) is 8.93. The molecule has 0 atom stereocenters. The lowest BCUT2D eigenvalue weighted by atomic mass is 10.2. The third-order valence-electron chi connectivity index (χ3n) is 3.91. The average molecular weight is 400 g/mol. The summed E-state index contributed by atoms with van der Waals surface area (Å²) in [5.41, 5.74) is -4.08. The van der Waals surface area contributed by atoms with Crippen LogP contribution in [0.4, 0.5) is 28.9 Å². The molecule has 0 bridgehead atoms. The number of alkyl halides is 3. The Morgan fingerprint density at radius 2 is 1.81 bits per heavy atom. The summed E-state index contributed by atoms with van der Waals surface area (Å²) in [6.07, 6.45) is 0. The minimum Gasteiger partial charge on any atom is -0.378 e. The van der Waals surface area contributed by atoms with Crippen LogP contribution in [0.3, 0.4) is 0 Å². The molecule has 1 heterocycles. The van der Waals surface area contributed by atoms with Crippen LogP contribution in [-0.4, -0.2) is 37.7 Å². The molecule has 0 aliphatic carbocycles. The number of hydrogen-bond acceptors (Lipinski definition) is 4. The molecule has 144 valence electrons. The van der Waals surface area contributed by atoms with E-state index in [1.54, 1.807) is 0 Å². The van der Waals surface area contributed by atoms with E-state index >= 15 is 0 Å². The fourth-order valence-electron chi connectivity index (χ4n) is 2.71. The number of carbonyl (C=O) groups is 1. The van der Waals surface area contributed by atoms with Crippen LogP contribution in [0, 0.1) is 5.82 Å². The Labute approximate surface area is 157 Å². The topological polar surface area (TPSA) is 41.6 Å².